The van der Waals surface area contributed by atoms with Gasteiger partial charge in [-0.25, -0.2) is 4.39 Å². The molecule has 0 aliphatic rings. The van der Waals surface area contributed by atoms with Crippen LogP contribution in [0.2, 0.25) is 5.02 Å². The molecule has 0 saturated heterocycles. The van der Waals surface area contributed by atoms with Crippen LogP contribution in [0.4, 0.5) is 4.39 Å². The van der Waals surface area contributed by atoms with E-state index in [4.69, 9.17) is 33.2 Å². The molecule has 0 heterocycles. The maximum absolute atomic E-state index is 13.3. The summed E-state index contributed by atoms with van der Waals surface area (Å²) in [5, 5.41) is 9.43. The molecule has 0 aliphatic carbocycles. The van der Waals surface area contributed by atoms with E-state index in [1.807, 2.05) is 6.07 Å². The number of hydrogen-bond acceptors (Lipinski definition) is 2. The summed E-state index contributed by atoms with van der Waals surface area (Å²) in [6.45, 7) is 0. The Kier molecular flexibility index (Phi) is 4.26. The largest absolute Gasteiger partial charge is 0.456 e. The number of ether oxygens (including phenoxy) is 1. The van der Waals surface area contributed by atoms with Crippen LogP contribution in [0.25, 0.3) is 0 Å². The number of nitrogens with zero attached hydrogens (tertiary/aromatic N) is 1. The van der Waals surface area contributed by atoms with E-state index in [1.165, 1.54) is 24.3 Å². The molecule has 2 nitrogen and oxygen atoms in total. The first kappa shape index (κ1) is 13.7. The van der Waals surface area contributed by atoms with Crippen molar-refractivity contribution >= 4 is 23.2 Å². The second-order valence-electron chi connectivity index (χ2n) is 3.74. The molecule has 19 heavy (non-hydrogen) atoms. The van der Waals surface area contributed by atoms with E-state index >= 15 is 0 Å². The zero-order chi connectivity index (χ0) is 13.8. The smallest absolute Gasteiger partial charge is 0.146 e. The van der Waals surface area contributed by atoms with Crippen LogP contribution in [0.3, 0.4) is 0 Å². The van der Waals surface area contributed by atoms with Gasteiger partial charge in [-0.15, -0.1) is 11.6 Å². The van der Waals surface area contributed by atoms with E-state index in [0.29, 0.717) is 27.6 Å². The zero-order valence-corrected chi connectivity index (χ0v) is 11.2. The number of halogens is 3. The number of rotatable bonds is 3. The summed E-state index contributed by atoms with van der Waals surface area (Å²) in [7, 11) is 0. The van der Waals surface area contributed by atoms with E-state index in [0.717, 1.165) is 0 Å². The number of nitriles is 1. The van der Waals surface area contributed by atoms with Crippen LogP contribution in [-0.4, -0.2) is 0 Å². The van der Waals surface area contributed by atoms with Crippen molar-refractivity contribution < 1.29 is 9.13 Å². The molecule has 0 aliphatic heterocycles. The summed E-state index contributed by atoms with van der Waals surface area (Å²) in [5.74, 6) is 0.371. The second kappa shape index (κ2) is 5.92. The summed E-state index contributed by atoms with van der Waals surface area (Å²) in [6, 6.07) is 10.9. The highest BCUT2D eigenvalue weighted by atomic mass is 35.5. The standard InChI is InChI=1S/C14H8Cl2FNO/c15-7-10-5-12(3-4-13(10)17)19-14-6-11(16)2-1-9(14)8-18/h1-6H,7H2. The Morgan fingerprint density at radius 2 is 2.00 bits per heavy atom. The average molecular weight is 296 g/mol. The molecular weight excluding hydrogens is 288 g/mol. The molecule has 0 amide bonds. The van der Waals surface area contributed by atoms with Gasteiger partial charge in [0.05, 0.1) is 11.4 Å². The van der Waals surface area contributed by atoms with E-state index in [1.54, 1.807) is 12.1 Å². The van der Waals surface area contributed by atoms with Gasteiger partial charge in [0.25, 0.3) is 0 Å². The highest BCUT2D eigenvalue weighted by Gasteiger charge is 2.08. The Morgan fingerprint density at radius 3 is 2.68 bits per heavy atom. The molecule has 0 N–H and O–H groups in total. The van der Waals surface area contributed by atoms with Crippen LogP contribution >= 0.6 is 23.2 Å². The fourth-order valence-corrected chi connectivity index (χ4v) is 1.88. The van der Waals surface area contributed by atoms with Gasteiger partial charge in [-0.1, -0.05) is 11.6 Å². The predicted octanol–water partition coefficient (Wildman–Crippen LogP) is 4.88. The molecule has 0 aromatic heterocycles. The second-order valence-corrected chi connectivity index (χ2v) is 4.44. The van der Waals surface area contributed by atoms with E-state index < -0.39 is 5.82 Å². The summed E-state index contributed by atoms with van der Waals surface area (Å²) in [6.07, 6.45) is 0. The Bertz CT molecular complexity index is 652. The van der Waals surface area contributed by atoms with Gasteiger partial charge in [0.15, 0.2) is 0 Å². The first-order chi connectivity index (χ1) is 9.13. The normalized spacial score (nSPS) is 10.0. The molecule has 0 bridgehead atoms. The van der Waals surface area contributed by atoms with Crippen LogP contribution in [0, 0.1) is 17.1 Å². The lowest BCUT2D eigenvalue weighted by molar-refractivity contribution is 0.478. The molecule has 0 radical (unpaired) electrons. The maximum atomic E-state index is 13.3. The van der Waals surface area contributed by atoms with Gasteiger partial charge in [0, 0.05) is 16.7 Å². The number of alkyl halides is 1. The molecule has 0 saturated carbocycles. The van der Waals surface area contributed by atoms with Crippen molar-refractivity contribution in [3.63, 3.8) is 0 Å². The lowest BCUT2D eigenvalue weighted by Crippen LogP contribution is -1.91. The van der Waals surface area contributed by atoms with Crippen molar-refractivity contribution in [3.05, 3.63) is 58.4 Å². The van der Waals surface area contributed by atoms with Gasteiger partial charge in [-0.05, 0) is 30.3 Å². The fourth-order valence-electron chi connectivity index (χ4n) is 1.52. The van der Waals surface area contributed by atoms with Crippen molar-refractivity contribution in [1.29, 1.82) is 5.26 Å². The quantitative estimate of drug-likeness (QED) is 0.756. The van der Waals surface area contributed by atoms with Gasteiger partial charge in [0.1, 0.15) is 23.4 Å². The summed E-state index contributed by atoms with van der Waals surface area (Å²) in [5.41, 5.74) is 0.681. The van der Waals surface area contributed by atoms with Crippen molar-refractivity contribution in [1.82, 2.24) is 0 Å². The van der Waals surface area contributed by atoms with Gasteiger partial charge < -0.3 is 4.74 Å². The summed E-state index contributed by atoms with van der Waals surface area (Å²) < 4.78 is 18.9. The Morgan fingerprint density at radius 1 is 1.21 bits per heavy atom. The van der Waals surface area contributed by atoms with Crippen LogP contribution in [0.1, 0.15) is 11.1 Å². The van der Waals surface area contributed by atoms with Gasteiger partial charge in [-0.2, -0.15) is 5.26 Å². The van der Waals surface area contributed by atoms with Gasteiger partial charge >= 0.3 is 0 Å². The van der Waals surface area contributed by atoms with E-state index in [9.17, 15) is 4.39 Å². The maximum Gasteiger partial charge on any atom is 0.146 e. The number of benzene rings is 2. The predicted molar refractivity (Wildman–Crippen MR) is 72.2 cm³/mol. The monoisotopic (exact) mass is 295 g/mol. The van der Waals surface area contributed by atoms with E-state index in [-0.39, 0.29) is 5.88 Å². The van der Waals surface area contributed by atoms with Crippen molar-refractivity contribution in [2.24, 2.45) is 0 Å². The molecule has 2 aromatic rings. The average Bonchev–Trinajstić information content (AvgIpc) is 2.41. The summed E-state index contributed by atoms with van der Waals surface area (Å²) in [4.78, 5) is 0. The van der Waals surface area contributed by atoms with Crippen LogP contribution in [0.15, 0.2) is 36.4 Å². The lowest BCUT2D eigenvalue weighted by atomic mass is 10.2. The first-order valence-corrected chi connectivity index (χ1v) is 6.27. The van der Waals surface area contributed by atoms with Crippen LogP contribution in [-0.2, 0) is 5.88 Å². The van der Waals surface area contributed by atoms with Crippen molar-refractivity contribution in [2.45, 2.75) is 5.88 Å². The molecule has 96 valence electrons. The zero-order valence-electron chi connectivity index (χ0n) is 9.66. The third-order valence-corrected chi connectivity index (χ3v) is 2.98. The molecule has 5 heteroatoms. The third kappa shape index (κ3) is 3.17. The molecular formula is C14H8Cl2FNO. The van der Waals surface area contributed by atoms with E-state index in [2.05, 4.69) is 0 Å². The molecule has 0 unspecified atom stereocenters. The SMILES string of the molecule is N#Cc1ccc(Cl)cc1Oc1ccc(F)c(CCl)c1. The Balaban J connectivity index is 2.36. The van der Waals surface area contributed by atoms with Crippen molar-refractivity contribution in [3.8, 4) is 17.6 Å². The molecule has 2 rings (SSSR count). The molecule has 0 atom stereocenters. The number of hydrogen-bond donors (Lipinski definition) is 0. The highest BCUT2D eigenvalue weighted by Crippen LogP contribution is 2.29. The van der Waals surface area contributed by atoms with Crippen LogP contribution < -0.4 is 4.74 Å². The minimum absolute atomic E-state index is 0.0453. The topological polar surface area (TPSA) is 33.0 Å². The minimum Gasteiger partial charge on any atom is -0.456 e. The van der Waals surface area contributed by atoms with Crippen molar-refractivity contribution in [2.75, 3.05) is 0 Å². The van der Waals surface area contributed by atoms with Gasteiger partial charge in [-0.3, -0.25) is 0 Å². The first-order valence-electron chi connectivity index (χ1n) is 5.36. The third-order valence-electron chi connectivity index (χ3n) is 2.45. The Labute approximate surface area is 119 Å². The summed E-state index contributed by atoms with van der Waals surface area (Å²) >= 11 is 11.5. The minimum atomic E-state index is -0.394. The van der Waals surface area contributed by atoms with Crippen LogP contribution in [0.5, 0.6) is 11.5 Å². The molecule has 0 spiro atoms. The molecule has 2 aromatic carbocycles. The Hall–Kier alpha value is -1.76. The highest BCUT2D eigenvalue weighted by molar-refractivity contribution is 6.30. The lowest BCUT2D eigenvalue weighted by Gasteiger charge is -2.09. The van der Waals surface area contributed by atoms with Gasteiger partial charge in [0.2, 0.25) is 0 Å². The molecule has 0 fully saturated rings. The fraction of sp³-hybridized carbons (Fsp3) is 0.0714.